The highest BCUT2D eigenvalue weighted by molar-refractivity contribution is 5.80. The van der Waals surface area contributed by atoms with Gasteiger partial charge in [0.1, 0.15) is 11.6 Å². The van der Waals surface area contributed by atoms with Gasteiger partial charge in [-0.3, -0.25) is 9.69 Å². The van der Waals surface area contributed by atoms with E-state index in [-0.39, 0.29) is 11.9 Å². The lowest BCUT2D eigenvalue weighted by molar-refractivity contribution is -0.178. The molecule has 1 aliphatic rings. The fourth-order valence-electron chi connectivity index (χ4n) is 3.19. The van der Waals surface area contributed by atoms with Gasteiger partial charge >= 0.3 is 5.97 Å². The van der Waals surface area contributed by atoms with Crippen molar-refractivity contribution >= 4 is 11.9 Å². The average molecular weight is 318 g/mol. The molecule has 1 aromatic rings. The van der Waals surface area contributed by atoms with Gasteiger partial charge in [0.2, 0.25) is 5.91 Å². The van der Waals surface area contributed by atoms with E-state index in [1.165, 1.54) is 6.92 Å². The minimum atomic E-state index is -0.482. The van der Waals surface area contributed by atoms with Crippen LogP contribution in [0.1, 0.15) is 50.4 Å². The fourth-order valence-corrected chi connectivity index (χ4v) is 3.19. The number of morpholine rings is 1. The van der Waals surface area contributed by atoms with E-state index in [4.69, 9.17) is 4.74 Å². The number of carbonyl (C=O) groups is 2. The fraction of sp³-hybridized carbons (Fsp3) is 0.556. The highest BCUT2D eigenvalue weighted by Crippen LogP contribution is 2.34. The summed E-state index contributed by atoms with van der Waals surface area (Å²) >= 11 is 0. The SMILES string of the molecule is CCN1CC(C)(C)OC(=O)C1c1c(C)cccc1CNC(C)=O. The molecule has 126 valence electrons. The van der Waals surface area contributed by atoms with E-state index in [1.807, 2.05) is 45.9 Å². The van der Waals surface area contributed by atoms with Crippen molar-refractivity contribution in [2.24, 2.45) is 0 Å². The molecule has 1 amide bonds. The zero-order valence-electron chi connectivity index (χ0n) is 14.6. The van der Waals surface area contributed by atoms with Crippen molar-refractivity contribution in [3.05, 3.63) is 34.9 Å². The minimum Gasteiger partial charge on any atom is -0.457 e. The normalized spacial score (nSPS) is 20.9. The summed E-state index contributed by atoms with van der Waals surface area (Å²) in [4.78, 5) is 26.1. The largest absolute Gasteiger partial charge is 0.457 e. The number of rotatable bonds is 4. The van der Waals surface area contributed by atoms with Crippen molar-refractivity contribution in [3.63, 3.8) is 0 Å². The van der Waals surface area contributed by atoms with Gasteiger partial charge in [-0.15, -0.1) is 0 Å². The second kappa shape index (κ2) is 6.71. The van der Waals surface area contributed by atoms with Crippen LogP contribution in [-0.2, 0) is 20.9 Å². The number of nitrogens with one attached hydrogen (secondary N) is 1. The van der Waals surface area contributed by atoms with Crippen LogP contribution in [0.4, 0.5) is 0 Å². The first kappa shape index (κ1) is 17.5. The Balaban J connectivity index is 2.42. The number of ether oxygens (including phenoxy) is 1. The Kier molecular flexibility index (Phi) is 5.09. The monoisotopic (exact) mass is 318 g/mol. The molecule has 0 aliphatic carbocycles. The number of cyclic esters (lactones) is 1. The molecule has 1 saturated heterocycles. The van der Waals surface area contributed by atoms with Gasteiger partial charge in [-0.1, -0.05) is 25.1 Å². The van der Waals surface area contributed by atoms with Crippen LogP contribution in [-0.4, -0.2) is 35.5 Å². The second-order valence-electron chi connectivity index (χ2n) is 6.70. The summed E-state index contributed by atoms with van der Waals surface area (Å²) in [5, 5.41) is 2.82. The van der Waals surface area contributed by atoms with E-state index >= 15 is 0 Å². The van der Waals surface area contributed by atoms with E-state index in [0.717, 1.165) is 23.2 Å². The van der Waals surface area contributed by atoms with Gasteiger partial charge in [0.15, 0.2) is 0 Å². The highest BCUT2D eigenvalue weighted by atomic mass is 16.6. The molecule has 1 unspecified atom stereocenters. The van der Waals surface area contributed by atoms with Crippen LogP contribution in [0.3, 0.4) is 0 Å². The number of likely N-dealkylation sites (N-methyl/N-ethyl adjacent to an activating group) is 1. The molecular weight excluding hydrogens is 292 g/mol. The third kappa shape index (κ3) is 3.91. The van der Waals surface area contributed by atoms with E-state index < -0.39 is 11.6 Å². The molecule has 0 spiro atoms. The van der Waals surface area contributed by atoms with Crippen LogP contribution in [0, 0.1) is 6.92 Å². The molecule has 1 fully saturated rings. The average Bonchev–Trinajstić information content (AvgIpc) is 2.44. The van der Waals surface area contributed by atoms with E-state index in [2.05, 4.69) is 10.2 Å². The van der Waals surface area contributed by atoms with Crippen molar-refractivity contribution in [1.82, 2.24) is 10.2 Å². The zero-order chi connectivity index (χ0) is 17.2. The van der Waals surface area contributed by atoms with Crippen LogP contribution in [0.25, 0.3) is 0 Å². The Bertz CT molecular complexity index is 610. The number of hydrogen-bond acceptors (Lipinski definition) is 4. The summed E-state index contributed by atoms with van der Waals surface area (Å²) in [6.07, 6.45) is 0. The van der Waals surface area contributed by atoms with Crippen molar-refractivity contribution in [2.75, 3.05) is 13.1 Å². The van der Waals surface area contributed by atoms with E-state index in [9.17, 15) is 9.59 Å². The number of esters is 1. The molecule has 0 bridgehead atoms. The zero-order valence-corrected chi connectivity index (χ0v) is 14.6. The van der Waals surface area contributed by atoms with Crippen molar-refractivity contribution in [1.29, 1.82) is 0 Å². The Morgan fingerprint density at radius 3 is 2.74 bits per heavy atom. The summed E-state index contributed by atoms with van der Waals surface area (Å²) in [5.74, 6) is -0.307. The molecule has 23 heavy (non-hydrogen) atoms. The van der Waals surface area contributed by atoms with E-state index in [1.54, 1.807) is 0 Å². The highest BCUT2D eigenvalue weighted by Gasteiger charge is 2.42. The minimum absolute atomic E-state index is 0.0860. The first-order valence-electron chi connectivity index (χ1n) is 8.05. The summed E-state index contributed by atoms with van der Waals surface area (Å²) in [6, 6.07) is 5.48. The molecule has 1 N–H and O–H groups in total. The third-order valence-electron chi connectivity index (χ3n) is 4.17. The van der Waals surface area contributed by atoms with Crippen LogP contribution >= 0.6 is 0 Å². The molecule has 1 aromatic carbocycles. The number of aryl methyl sites for hydroxylation is 1. The van der Waals surface area contributed by atoms with Gasteiger partial charge in [0, 0.05) is 20.0 Å². The summed E-state index contributed by atoms with van der Waals surface area (Å²) in [5.41, 5.74) is 2.46. The molecular formula is C18H26N2O3. The maximum Gasteiger partial charge on any atom is 0.328 e. The predicted octanol–water partition coefficient (Wildman–Crippen LogP) is 2.33. The van der Waals surface area contributed by atoms with Crippen LogP contribution in [0.5, 0.6) is 0 Å². The molecule has 2 rings (SSSR count). The Hall–Kier alpha value is -1.88. The van der Waals surface area contributed by atoms with Gasteiger partial charge in [-0.05, 0) is 44.0 Å². The Morgan fingerprint density at radius 1 is 1.43 bits per heavy atom. The van der Waals surface area contributed by atoms with Gasteiger partial charge < -0.3 is 10.1 Å². The standard InChI is InChI=1S/C18H26N2O3/c1-6-20-11-18(4,5)23-17(22)16(20)15-12(2)8-7-9-14(15)10-19-13(3)21/h7-9,16H,6,10-11H2,1-5H3,(H,19,21). The molecule has 5 heteroatoms. The number of benzene rings is 1. The smallest absolute Gasteiger partial charge is 0.328 e. The van der Waals surface area contributed by atoms with Crippen molar-refractivity contribution < 1.29 is 14.3 Å². The van der Waals surface area contributed by atoms with Crippen LogP contribution in [0.15, 0.2) is 18.2 Å². The first-order valence-corrected chi connectivity index (χ1v) is 8.05. The lowest BCUT2D eigenvalue weighted by atomic mass is 9.91. The molecule has 0 aromatic heterocycles. The Labute approximate surface area is 138 Å². The first-order chi connectivity index (χ1) is 10.7. The summed E-state index contributed by atoms with van der Waals surface area (Å²) in [7, 11) is 0. The second-order valence-corrected chi connectivity index (χ2v) is 6.70. The molecule has 1 atom stereocenters. The number of carbonyl (C=O) groups excluding carboxylic acids is 2. The molecule has 0 saturated carbocycles. The molecule has 1 heterocycles. The third-order valence-corrected chi connectivity index (χ3v) is 4.17. The number of amides is 1. The van der Waals surface area contributed by atoms with Gasteiger partial charge in [0.25, 0.3) is 0 Å². The van der Waals surface area contributed by atoms with Gasteiger partial charge in [-0.25, -0.2) is 4.79 Å². The lowest BCUT2D eigenvalue weighted by Crippen LogP contribution is -2.52. The number of hydrogen-bond donors (Lipinski definition) is 1. The Morgan fingerprint density at radius 2 is 2.13 bits per heavy atom. The van der Waals surface area contributed by atoms with Gasteiger partial charge in [0.05, 0.1) is 0 Å². The molecule has 5 nitrogen and oxygen atoms in total. The quantitative estimate of drug-likeness (QED) is 0.866. The topological polar surface area (TPSA) is 58.6 Å². The molecule has 1 aliphatic heterocycles. The lowest BCUT2D eigenvalue weighted by Gasteiger charge is -2.43. The predicted molar refractivity (Wildman–Crippen MR) is 88.9 cm³/mol. The summed E-state index contributed by atoms with van der Waals surface area (Å²) < 4.78 is 5.64. The molecule has 0 radical (unpaired) electrons. The van der Waals surface area contributed by atoms with Crippen molar-refractivity contribution in [3.8, 4) is 0 Å². The van der Waals surface area contributed by atoms with Crippen LogP contribution in [0.2, 0.25) is 0 Å². The maximum atomic E-state index is 12.7. The van der Waals surface area contributed by atoms with Crippen LogP contribution < -0.4 is 5.32 Å². The van der Waals surface area contributed by atoms with Crippen molar-refractivity contribution in [2.45, 2.75) is 52.8 Å². The summed E-state index contributed by atoms with van der Waals surface area (Å²) in [6.45, 7) is 11.3. The maximum absolute atomic E-state index is 12.7. The number of nitrogens with zero attached hydrogens (tertiary/aromatic N) is 1. The van der Waals surface area contributed by atoms with Gasteiger partial charge in [-0.2, -0.15) is 0 Å². The van der Waals surface area contributed by atoms with E-state index in [0.29, 0.717) is 13.1 Å².